The van der Waals surface area contributed by atoms with Crippen molar-refractivity contribution in [1.82, 2.24) is 4.98 Å². The number of nitrogens with zero attached hydrogens (tertiary/aromatic N) is 2. The zero-order chi connectivity index (χ0) is 10.4. The van der Waals surface area contributed by atoms with Crippen molar-refractivity contribution in [2.75, 3.05) is 13.2 Å². The van der Waals surface area contributed by atoms with Crippen LogP contribution in [0.3, 0.4) is 0 Å². The Morgan fingerprint density at radius 2 is 2.43 bits per heavy atom. The molecule has 74 valence electrons. The molecular weight excluding hydrogens is 178 g/mol. The number of pyridine rings is 1. The third-order valence-electron chi connectivity index (χ3n) is 1.82. The standard InChI is InChI=1S/C10H13N3O/c1-8-3-5-13-10(9(8)7-12)14-6-2-4-11/h3,5H,2,4,6,11H2,1H3. The average Bonchev–Trinajstić information content (AvgIpc) is 2.18. The maximum Gasteiger partial charge on any atom is 0.231 e. The quantitative estimate of drug-likeness (QED) is 0.720. The van der Waals surface area contributed by atoms with E-state index in [9.17, 15) is 0 Å². The van der Waals surface area contributed by atoms with Crippen LogP contribution in [0, 0.1) is 18.3 Å². The number of hydrogen-bond acceptors (Lipinski definition) is 4. The second-order valence-corrected chi connectivity index (χ2v) is 2.91. The van der Waals surface area contributed by atoms with Crippen LogP contribution in [-0.4, -0.2) is 18.1 Å². The van der Waals surface area contributed by atoms with Crippen LogP contribution in [0.15, 0.2) is 12.3 Å². The molecular formula is C10H13N3O. The number of aryl methyl sites for hydroxylation is 1. The monoisotopic (exact) mass is 191 g/mol. The summed E-state index contributed by atoms with van der Waals surface area (Å²) in [6.45, 7) is 2.94. The summed E-state index contributed by atoms with van der Waals surface area (Å²) in [5.41, 5.74) is 6.71. The molecule has 1 aromatic heterocycles. The van der Waals surface area contributed by atoms with Crippen LogP contribution in [0.4, 0.5) is 0 Å². The van der Waals surface area contributed by atoms with Crippen LogP contribution in [0.25, 0.3) is 0 Å². The van der Waals surface area contributed by atoms with Crippen LogP contribution in [-0.2, 0) is 0 Å². The average molecular weight is 191 g/mol. The molecule has 0 aliphatic carbocycles. The minimum Gasteiger partial charge on any atom is -0.477 e. The van der Waals surface area contributed by atoms with Gasteiger partial charge in [-0.1, -0.05) is 0 Å². The Kier molecular flexibility index (Phi) is 3.89. The molecule has 2 N–H and O–H groups in total. The smallest absolute Gasteiger partial charge is 0.231 e. The highest BCUT2D eigenvalue weighted by atomic mass is 16.5. The maximum atomic E-state index is 8.86. The molecule has 0 radical (unpaired) electrons. The molecule has 0 aliphatic rings. The van der Waals surface area contributed by atoms with E-state index >= 15 is 0 Å². The van der Waals surface area contributed by atoms with Gasteiger partial charge in [0.25, 0.3) is 0 Å². The number of aromatic nitrogens is 1. The van der Waals surface area contributed by atoms with Gasteiger partial charge in [-0.05, 0) is 31.5 Å². The summed E-state index contributed by atoms with van der Waals surface area (Å²) in [4.78, 5) is 4.00. The van der Waals surface area contributed by atoms with Crippen molar-refractivity contribution in [1.29, 1.82) is 5.26 Å². The summed E-state index contributed by atoms with van der Waals surface area (Å²) < 4.78 is 5.34. The highest BCUT2D eigenvalue weighted by Gasteiger charge is 2.06. The molecule has 0 aliphatic heterocycles. The van der Waals surface area contributed by atoms with E-state index < -0.39 is 0 Å². The second-order valence-electron chi connectivity index (χ2n) is 2.91. The summed E-state index contributed by atoms with van der Waals surface area (Å²) in [6, 6.07) is 3.86. The normalized spacial score (nSPS) is 9.50. The van der Waals surface area contributed by atoms with Gasteiger partial charge in [0.15, 0.2) is 0 Å². The third-order valence-corrected chi connectivity index (χ3v) is 1.82. The van der Waals surface area contributed by atoms with Crippen molar-refractivity contribution in [3.8, 4) is 11.9 Å². The van der Waals surface area contributed by atoms with Gasteiger partial charge < -0.3 is 10.5 Å². The molecule has 0 saturated carbocycles. The first-order valence-corrected chi connectivity index (χ1v) is 4.48. The molecule has 0 spiro atoms. The Morgan fingerprint density at radius 1 is 1.64 bits per heavy atom. The highest BCUT2D eigenvalue weighted by molar-refractivity contribution is 5.43. The van der Waals surface area contributed by atoms with E-state index in [0.717, 1.165) is 12.0 Å². The second kappa shape index (κ2) is 5.20. The zero-order valence-electron chi connectivity index (χ0n) is 8.16. The van der Waals surface area contributed by atoms with Gasteiger partial charge in [0.1, 0.15) is 11.6 Å². The highest BCUT2D eigenvalue weighted by Crippen LogP contribution is 2.17. The van der Waals surface area contributed by atoms with Crippen LogP contribution in [0.2, 0.25) is 0 Å². The Balaban J connectivity index is 2.76. The molecule has 0 unspecified atom stereocenters. The molecule has 0 atom stereocenters. The SMILES string of the molecule is Cc1ccnc(OCCCN)c1C#N. The number of nitriles is 1. The summed E-state index contributed by atoms with van der Waals surface area (Å²) in [7, 11) is 0. The van der Waals surface area contributed by atoms with Gasteiger partial charge in [-0.25, -0.2) is 4.98 Å². The molecule has 0 saturated heterocycles. The zero-order valence-corrected chi connectivity index (χ0v) is 8.16. The van der Waals surface area contributed by atoms with Gasteiger partial charge in [0.2, 0.25) is 5.88 Å². The molecule has 0 amide bonds. The van der Waals surface area contributed by atoms with Crippen LogP contribution >= 0.6 is 0 Å². The molecule has 1 heterocycles. The number of nitrogens with two attached hydrogens (primary N) is 1. The lowest BCUT2D eigenvalue weighted by Crippen LogP contribution is -2.07. The minimum absolute atomic E-state index is 0.404. The number of rotatable bonds is 4. The van der Waals surface area contributed by atoms with Gasteiger partial charge in [0, 0.05) is 6.20 Å². The molecule has 0 fully saturated rings. The third kappa shape index (κ3) is 2.44. The predicted octanol–water partition coefficient (Wildman–Crippen LogP) is 0.989. The van der Waals surface area contributed by atoms with Crippen LogP contribution < -0.4 is 10.5 Å². The van der Waals surface area contributed by atoms with E-state index in [1.807, 2.05) is 6.92 Å². The Labute approximate surface area is 83.3 Å². The van der Waals surface area contributed by atoms with Gasteiger partial charge in [0.05, 0.1) is 6.61 Å². The number of ether oxygens (including phenoxy) is 1. The van der Waals surface area contributed by atoms with Crippen molar-refractivity contribution >= 4 is 0 Å². The van der Waals surface area contributed by atoms with Crippen LogP contribution in [0.1, 0.15) is 17.5 Å². The number of hydrogen-bond donors (Lipinski definition) is 1. The molecule has 4 heteroatoms. The van der Waals surface area contributed by atoms with Crippen molar-refractivity contribution in [2.24, 2.45) is 5.73 Å². The molecule has 0 bridgehead atoms. The van der Waals surface area contributed by atoms with E-state index in [1.165, 1.54) is 0 Å². The topological polar surface area (TPSA) is 71.9 Å². The first-order valence-electron chi connectivity index (χ1n) is 4.48. The largest absolute Gasteiger partial charge is 0.477 e. The lowest BCUT2D eigenvalue weighted by atomic mass is 10.2. The lowest BCUT2D eigenvalue weighted by molar-refractivity contribution is 0.300. The molecule has 0 aromatic carbocycles. The van der Waals surface area contributed by atoms with E-state index in [0.29, 0.717) is 24.6 Å². The van der Waals surface area contributed by atoms with Gasteiger partial charge in [-0.3, -0.25) is 0 Å². The fourth-order valence-electron chi connectivity index (χ4n) is 1.03. The molecule has 1 aromatic rings. The Morgan fingerprint density at radius 3 is 3.07 bits per heavy atom. The van der Waals surface area contributed by atoms with Crippen molar-refractivity contribution in [3.05, 3.63) is 23.4 Å². The van der Waals surface area contributed by atoms with Crippen molar-refractivity contribution < 1.29 is 4.74 Å². The fraction of sp³-hybridized carbons (Fsp3) is 0.400. The van der Waals surface area contributed by atoms with Gasteiger partial charge in [-0.2, -0.15) is 5.26 Å². The molecule has 14 heavy (non-hydrogen) atoms. The summed E-state index contributed by atoms with van der Waals surface area (Å²) >= 11 is 0. The van der Waals surface area contributed by atoms with E-state index in [1.54, 1.807) is 12.3 Å². The van der Waals surface area contributed by atoms with E-state index in [-0.39, 0.29) is 0 Å². The van der Waals surface area contributed by atoms with Crippen molar-refractivity contribution in [3.63, 3.8) is 0 Å². The Hall–Kier alpha value is -1.60. The van der Waals surface area contributed by atoms with E-state index in [4.69, 9.17) is 15.7 Å². The fourth-order valence-corrected chi connectivity index (χ4v) is 1.03. The molecule has 1 rings (SSSR count). The summed E-state index contributed by atoms with van der Waals surface area (Å²) in [6.07, 6.45) is 2.40. The first kappa shape index (κ1) is 10.5. The van der Waals surface area contributed by atoms with Gasteiger partial charge in [-0.15, -0.1) is 0 Å². The molecule has 4 nitrogen and oxygen atoms in total. The predicted molar refractivity (Wildman–Crippen MR) is 52.9 cm³/mol. The van der Waals surface area contributed by atoms with E-state index in [2.05, 4.69) is 11.1 Å². The summed E-state index contributed by atoms with van der Waals surface area (Å²) in [5, 5.41) is 8.86. The van der Waals surface area contributed by atoms with Crippen molar-refractivity contribution in [2.45, 2.75) is 13.3 Å². The first-order chi connectivity index (χ1) is 6.79. The summed E-state index contributed by atoms with van der Waals surface area (Å²) in [5.74, 6) is 0.404. The maximum absolute atomic E-state index is 8.86. The minimum atomic E-state index is 0.404. The lowest BCUT2D eigenvalue weighted by Gasteiger charge is -2.06. The van der Waals surface area contributed by atoms with Crippen LogP contribution in [0.5, 0.6) is 5.88 Å². The van der Waals surface area contributed by atoms with Gasteiger partial charge >= 0.3 is 0 Å². The Bertz CT molecular complexity index is 344.